The number of hydrogen-bond donors (Lipinski definition) is 2. The van der Waals surface area contributed by atoms with Gasteiger partial charge in [-0.3, -0.25) is 4.79 Å². The number of hydrogen-bond acceptors (Lipinski definition) is 6. The maximum absolute atomic E-state index is 12.2. The van der Waals surface area contributed by atoms with Gasteiger partial charge in [0.25, 0.3) is 5.91 Å². The van der Waals surface area contributed by atoms with Crippen LogP contribution in [0.5, 0.6) is 5.75 Å². The molecule has 0 aliphatic heterocycles. The number of rotatable bonds is 8. The molecule has 1 amide bonds. The fraction of sp³-hybridized carbons (Fsp3) is 0.389. The third kappa shape index (κ3) is 5.01. The smallest absolute Gasteiger partial charge is 0.336 e. The van der Waals surface area contributed by atoms with Crippen molar-refractivity contribution in [3.8, 4) is 5.75 Å². The third-order valence-corrected chi connectivity index (χ3v) is 4.47. The highest BCUT2D eigenvalue weighted by atomic mass is 32.2. The number of aliphatic carboxylic acids is 1. The lowest BCUT2D eigenvalue weighted by Gasteiger charge is -2.18. The van der Waals surface area contributed by atoms with Gasteiger partial charge >= 0.3 is 11.6 Å². The number of aryl methyl sites for hydroxylation is 1. The van der Waals surface area contributed by atoms with Crippen LogP contribution in [-0.2, 0) is 9.59 Å². The molecule has 0 unspecified atom stereocenters. The zero-order valence-electron chi connectivity index (χ0n) is 14.8. The Morgan fingerprint density at radius 3 is 2.73 bits per heavy atom. The van der Waals surface area contributed by atoms with Gasteiger partial charge < -0.3 is 19.6 Å². The Kier molecular flexibility index (Phi) is 6.68. The molecule has 2 N–H and O–H groups in total. The van der Waals surface area contributed by atoms with Crippen LogP contribution in [0.2, 0.25) is 0 Å². The van der Waals surface area contributed by atoms with Crippen molar-refractivity contribution in [2.45, 2.75) is 32.4 Å². The summed E-state index contributed by atoms with van der Waals surface area (Å²) in [4.78, 5) is 34.9. The van der Waals surface area contributed by atoms with Crippen molar-refractivity contribution in [3.05, 3.63) is 40.2 Å². The van der Waals surface area contributed by atoms with E-state index in [2.05, 4.69) is 5.32 Å². The molecule has 0 bridgehead atoms. The summed E-state index contributed by atoms with van der Waals surface area (Å²) in [5, 5.41) is 12.4. The first-order chi connectivity index (χ1) is 12.3. The molecule has 0 aliphatic carbocycles. The van der Waals surface area contributed by atoms with Gasteiger partial charge in [0, 0.05) is 17.5 Å². The molecular weight excluding hydrogens is 358 g/mol. The lowest BCUT2D eigenvalue weighted by molar-refractivity contribution is -0.142. The fourth-order valence-corrected chi connectivity index (χ4v) is 2.89. The van der Waals surface area contributed by atoms with E-state index in [4.69, 9.17) is 9.15 Å². The maximum atomic E-state index is 12.2. The quantitative estimate of drug-likeness (QED) is 0.677. The molecule has 0 spiro atoms. The summed E-state index contributed by atoms with van der Waals surface area (Å²) >= 11 is 1.51. The second-order valence-corrected chi connectivity index (χ2v) is 6.83. The van der Waals surface area contributed by atoms with E-state index in [1.54, 1.807) is 19.1 Å². The summed E-state index contributed by atoms with van der Waals surface area (Å²) in [6, 6.07) is 5.39. The predicted octanol–water partition coefficient (Wildman–Crippen LogP) is 2.19. The molecule has 0 fully saturated rings. The summed E-state index contributed by atoms with van der Waals surface area (Å²) in [6.07, 6.45) is 1.29. The van der Waals surface area contributed by atoms with Crippen molar-refractivity contribution < 1.29 is 23.8 Å². The minimum absolute atomic E-state index is 0.329. The number of amides is 1. The first-order valence-corrected chi connectivity index (χ1v) is 9.44. The molecule has 0 saturated carbocycles. The number of benzene rings is 1. The highest BCUT2D eigenvalue weighted by molar-refractivity contribution is 7.98. The summed E-state index contributed by atoms with van der Waals surface area (Å²) in [5.74, 6) is -0.632. The van der Waals surface area contributed by atoms with Crippen LogP contribution >= 0.6 is 11.8 Å². The topological polar surface area (TPSA) is 106 Å². The number of nitrogens with one attached hydrogen (secondary N) is 1. The fourth-order valence-electron chi connectivity index (χ4n) is 2.42. The third-order valence-electron chi connectivity index (χ3n) is 3.83. The highest BCUT2D eigenvalue weighted by Gasteiger charge is 2.23. The average Bonchev–Trinajstić information content (AvgIpc) is 2.57. The van der Waals surface area contributed by atoms with Crippen molar-refractivity contribution in [2.75, 3.05) is 12.0 Å². The average molecular weight is 379 g/mol. The van der Waals surface area contributed by atoms with Crippen molar-refractivity contribution in [3.63, 3.8) is 0 Å². The first kappa shape index (κ1) is 19.8. The number of carboxylic acids is 1. The monoisotopic (exact) mass is 379 g/mol. The zero-order chi connectivity index (χ0) is 19.3. The Bertz CT molecular complexity index is 862. The van der Waals surface area contributed by atoms with Crippen LogP contribution in [0.3, 0.4) is 0 Å². The summed E-state index contributed by atoms with van der Waals surface area (Å²) < 4.78 is 10.7. The zero-order valence-corrected chi connectivity index (χ0v) is 15.6. The van der Waals surface area contributed by atoms with Crippen molar-refractivity contribution in [1.29, 1.82) is 0 Å². The molecule has 8 heteroatoms. The second kappa shape index (κ2) is 8.75. The van der Waals surface area contributed by atoms with Crippen LogP contribution in [0.1, 0.15) is 18.9 Å². The van der Waals surface area contributed by atoms with Gasteiger partial charge in [0.05, 0.1) is 0 Å². The molecule has 1 heterocycles. The van der Waals surface area contributed by atoms with E-state index >= 15 is 0 Å². The molecular formula is C18H21NO6S. The molecule has 2 rings (SSSR count). The number of thioether (sulfide) groups is 1. The van der Waals surface area contributed by atoms with Gasteiger partial charge in [-0.1, -0.05) is 0 Å². The van der Waals surface area contributed by atoms with Gasteiger partial charge in [-0.15, -0.1) is 0 Å². The van der Waals surface area contributed by atoms with Gasteiger partial charge in [0.1, 0.15) is 17.4 Å². The molecule has 0 aliphatic rings. The minimum atomic E-state index is -1.08. The number of carbonyl (C=O) groups excluding carboxylic acids is 1. The molecule has 0 radical (unpaired) electrons. The van der Waals surface area contributed by atoms with Gasteiger partial charge in [0.2, 0.25) is 0 Å². The number of carbonyl (C=O) groups is 2. The van der Waals surface area contributed by atoms with Gasteiger partial charge in [-0.05, 0) is 50.0 Å². The second-order valence-electron chi connectivity index (χ2n) is 5.85. The molecule has 2 aromatic rings. The SMILES string of the molecule is CSCC[C@H](NC(=O)[C@H](C)Oc1ccc2c(C)cc(=O)oc2c1)C(=O)O. The number of fused-ring (bicyclic) bond motifs is 1. The van der Waals surface area contributed by atoms with E-state index in [1.165, 1.54) is 30.8 Å². The first-order valence-electron chi connectivity index (χ1n) is 8.05. The normalized spacial score (nSPS) is 13.2. The van der Waals surface area contributed by atoms with E-state index in [9.17, 15) is 19.5 Å². The van der Waals surface area contributed by atoms with Gasteiger partial charge in [-0.25, -0.2) is 9.59 Å². The van der Waals surface area contributed by atoms with E-state index in [0.717, 1.165) is 10.9 Å². The van der Waals surface area contributed by atoms with E-state index in [0.29, 0.717) is 23.5 Å². The largest absolute Gasteiger partial charge is 0.481 e. The molecule has 2 atom stereocenters. The lowest BCUT2D eigenvalue weighted by atomic mass is 10.1. The van der Waals surface area contributed by atoms with E-state index in [1.807, 2.05) is 6.26 Å². The lowest BCUT2D eigenvalue weighted by Crippen LogP contribution is -2.46. The van der Waals surface area contributed by atoms with Crippen LogP contribution < -0.4 is 15.7 Å². The molecule has 1 aromatic carbocycles. The number of carboxylic acid groups (broad SMARTS) is 1. The van der Waals surface area contributed by atoms with Crippen LogP contribution in [0, 0.1) is 6.92 Å². The van der Waals surface area contributed by atoms with E-state index in [-0.39, 0.29) is 0 Å². The van der Waals surface area contributed by atoms with Gasteiger partial charge in [0.15, 0.2) is 6.10 Å². The van der Waals surface area contributed by atoms with Crippen molar-refractivity contribution in [2.24, 2.45) is 0 Å². The Morgan fingerprint density at radius 1 is 1.35 bits per heavy atom. The van der Waals surface area contributed by atoms with E-state index < -0.39 is 29.6 Å². The van der Waals surface area contributed by atoms with Crippen LogP contribution in [0.25, 0.3) is 11.0 Å². The number of ether oxygens (including phenoxy) is 1. The minimum Gasteiger partial charge on any atom is -0.481 e. The van der Waals surface area contributed by atoms with Crippen molar-refractivity contribution >= 4 is 34.6 Å². The molecule has 26 heavy (non-hydrogen) atoms. The Labute approximate surface area is 154 Å². The highest BCUT2D eigenvalue weighted by Crippen LogP contribution is 2.23. The Morgan fingerprint density at radius 2 is 2.08 bits per heavy atom. The molecule has 1 aromatic heterocycles. The molecule has 0 saturated heterocycles. The summed E-state index contributed by atoms with van der Waals surface area (Å²) in [5.41, 5.74) is 0.686. The molecule has 7 nitrogen and oxygen atoms in total. The Balaban J connectivity index is 2.09. The van der Waals surface area contributed by atoms with Crippen LogP contribution in [-0.4, -0.2) is 41.1 Å². The molecule has 140 valence electrons. The Hall–Kier alpha value is -2.48. The standard InChI is InChI=1S/C18H21NO6S/c1-10-8-16(20)25-15-9-12(4-5-13(10)15)24-11(2)17(21)19-14(18(22)23)6-7-26-3/h4-5,8-9,11,14H,6-7H2,1-3H3,(H,19,21)(H,22,23)/t11-,14-/m0/s1. The summed E-state index contributed by atoms with van der Waals surface area (Å²) in [6.45, 7) is 3.33. The van der Waals surface area contributed by atoms with Crippen LogP contribution in [0.4, 0.5) is 0 Å². The predicted molar refractivity (Wildman–Crippen MR) is 99.9 cm³/mol. The summed E-state index contributed by atoms with van der Waals surface area (Å²) in [7, 11) is 0. The van der Waals surface area contributed by atoms with Gasteiger partial charge in [-0.2, -0.15) is 11.8 Å². The maximum Gasteiger partial charge on any atom is 0.336 e. The van der Waals surface area contributed by atoms with Crippen LogP contribution in [0.15, 0.2) is 33.5 Å². The van der Waals surface area contributed by atoms with Crippen molar-refractivity contribution in [1.82, 2.24) is 5.32 Å².